The first-order valence-corrected chi connectivity index (χ1v) is 23.7. The molecule has 342 valence electrons. The Bertz CT molecular complexity index is 2100. The number of unbranched alkanes of at least 4 members (excludes halogenated alkanes) is 4. The predicted octanol–water partition coefficient (Wildman–Crippen LogP) is 9.62. The van der Waals surface area contributed by atoms with E-state index in [4.69, 9.17) is 5.73 Å². The average Bonchev–Trinajstić information content (AvgIpc) is 3.83. The number of aliphatic carboxylic acids is 1. The van der Waals surface area contributed by atoms with Crippen molar-refractivity contribution in [2.45, 2.75) is 154 Å². The van der Waals surface area contributed by atoms with Crippen molar-refractivity contribution in [3.05, 3.63) is 107 Å². The second-order valence-corrected chi connectivity index (χ2v) is 19.3. The summed E-state index contributed by atoms with van der Waals surface area (Å²) in [5, 5.41) is 68.7. The van der Waals surface area contributed by atoms with Crippen molar-refractivity contribution in [3.63, 3.8) is 0 Å². The third kappa shape index (κ3) is 13.2. The number of aromatic amines is 1. The van der Waals surface area contributed by atoms with Crippen molar-refractivity contribution in [2.75, 3.05) is 5.73 Å². The predicted molar refractivity (Wildman–Crippen MR) is 248 cm³/mol. The Hall–Kier alpha value is -4.64. The quantitative estimate of drug-likeness (QED) is 0.0281. The smallest absolute Gasteiger partial charge is 0.309 e. The summed E-state index contributed by atoms with van der Waals surface area (Å²) >= 11 is 0. The van der Waals surface area contributed by atoms with E-state index in [2.05, 4.69) is 55.0 Å². The first kappa shape index (κ1) is 47.8. The molecule has 0 saturated heterocycles. The maximum absolute atomic E-state index is 13.3. The van der Waals surface area contributed by atoms with Crippen molar-refractivity contribution in [3.8, 4) is 22.8 Å². The molecule has 10 heteroatoms. The molecule has 0 amide bonds. The van der Waals surface area contributed by atoms with Gasteiger partial charge in [-0.05, 0) is 153 Å². The molecule has 0 spiro atoms. The maximum Gasteiger partial charge on any atom is 0.309 e. The maximum atomic E-state index is 13.3. The van der Waals surface area contributed by atoms with Crippen LogP contribution in [0.15, 0.2) is 79.0 Å². The number of H-pyrrole nitrogens is 1. The van der Waals surface area contributed by atoms with Crippen LogP contribution >= 0.6 is 0 Å². The summed E-state index contributed by atoms with van der Waals surface area (Å²) in [6.45, 7) is 6.49. The van der Waals surface area contributed by atoms with Gasteiger partial charge in [-0.1, -0.05) is 95.7 Å². The van der Waals surface area contributed by atoms with Gasteiger partial charge in [0.2, 0.25) is 0 Å². The fourth-order valence-electron chi connectivity index (χ4n) is 10.5. The largest absolute Gasteiger partial charge is 0.872 e. The summed E-state index contributed by atoms with van der Waals surface area (Å²) in [4.78, 5) is 20.1. The minimum absolute atomic E-state index is 0.101. The molecule has 0 aliphatic heterocycles. The highest BCUT2D eigenvalue weighted by Crippen LogP contribution is 2.46. The van der Waals surface area contributed by atoms with E-state index < -0.39 is 23.6 Å². The molecule has 2 aliphatic rings. The number of nitrogens with zero attached hydrogens (tertiary/aromatic N) is 1. The highest BCUT2D eigenvalue weighted by Gasteiger charge is 2.46. The molecule has 0 radical (unpaired) electrons. The molecule has 8 atom stereocenters. The van der Waals surface area contributed by atoms with E-state index in [9.17, 15) is 35.4 Å². The normalized spacial score (nSPS) is 23.3. The number of aromatic hydroxyl groups is 1. The summed E-state index contributed by atoms with van der Waals surface area (Å²) in [7, 11) is 0. The number of allylic oxidation sites excluding steroid dienone is 1. The number of hydrogen-bond acceptors (Lipinski definition) is 8. The number of pyridine rings is 1. The van der Waals surface area contributed by atoms with Crippen molar-refractivity contribution in [2.24, 2.45) is 29.6 Å². The average molecular weight is 863 g/mol. The number of carboxylic acids is 1. The highest BCUT2D eigenvalue weighted by molar-refractivity contribution is 5.71. The van der Waals surface area contributed by atoms with Crippen LogP contribution in [-0.4, -0.2) is 59.3 Å². The molecule has 63 heavy (non-hydrogen) atoms. The summed E-state index contributed by atoms with van der Waals surface area (Å²) < 4.78 is 0. The number of nitrogens with one attached hydrogen (secondary N) is 1. The van der Waals surface area contributed by atoms with Crippen LogP contribution in [0.1, 0.15) is 145 Å². The fourth-order valence-corrected chi connectivity index (χ4v) is 10.5. The van der Waals surface area contributed by atoms with Crippen LogP contribution < -0.4 is 10.8 Å². The van der Waals surface area contributed by atoms with Crippen LogP contribution in [0.4, 0.5) is 5.82 Å². The van der Waals surface area contributed by atoms with Gasteiger partial charge < -0.3 is 41.4 Å². The van der Waals surface area contributed by atoms with E-state index in [1.807, 2.05) is 36.4 Å². The van der Waals surface area contributed by atoms with Crippen LogP contribution in [0, 0.1) is 29.6 Å². The Labute approximate surface area is 374 Å². The fraction of sp³-hybridized carbons (Fsp3) is 0.547. The molecular formula is C53H72N3O7-. The second-order valence-electron chi connectivity index (χ2n) is 19.3. The van der Waals surface area contributed by atoms with Gasteiger partial charge in [0.05, 0.1) is 23.7 Å². The van der Waals surface area contributed by atoms with Gasteiger partial charge in [-0.2, -0.15) is 0 Å². The number of rotatable bonds is 23. The van der Waals surface area contributed by atoms with E-state index in [0.29, 0.717) is 79.4 Å². The monoisotopic (exact) mass is 863 g/mol. The van der Waals surface area contributed by atoms with Gasteiger partial charge in [0.25, 0.3) is 0 Å². The molecular weight excluding hydrogens is 791 g/mol. The number of nitrogens with two attached hydrogens (primary N) is 1. The number of carbonyl (C=O) groups is 1. The van der Waals surface area contributed by atoms with E-state index in [-0.39, 0.29) is 48.2 Å². The van der Waals surface area contributed by atoms with Crippen molar-refractivity contribution < 1.29 is 35.4 Å². The van der Waals surface area contributed by atoms with E-state index in [1.165, 1.54) is 30.9 Å². The molecule has 8 N–H and O–H groups in total. The number of anilines is 1. The lowest BCUT2D eigenvalue weighted by Crippen LogP contribution is -2.37. The minimum atomic E-state index is -1.16. The molecule has 10 nitrogen and oxygen atoms in total. The zero-order chi connectivity index (χ0) is 45.1. The second kappa shape index (κ2) is 22.3. The number of carboxylic acid groups (broad SMARTS) is 1. The number of nitrogen functional groups attached to an aromatic ring is 1. The number of benzene rings is 2. The molecule has 2 heterocycles. The lowest BCUT2D eigenvalue weighted by Gasteiger charge is -2.32. The number of aromatic nitrogens is 2. The number of aliphatic hydroxyl groups excluding tert-OH is 2. The highest BCUT2D eigenvalue weighted by atomic mass is 16.4. The van der Waals surface area contributed by atoms with Crippen LogP contribution in [0.5, 0.6) is 11.5 Å². The van der Waals surface area contributed by atoms with Crippen LogP contribution in [-0.2, 0) is 24.1 Å². The van der Waals surface area contributed by atoms with Crippen molar-refractivity contribution in [1.29, 1.82) is 0 Å². The van der Waals surface area contributed by atoms with Gasteiger partial charge in [0, 0.05) is 29.1 Å². The van der Waals surface area contributed by atoms with Gasteiger partial charge >= 0.3 is 5.97 Å². The van der Waals surface area contributed by atoms with Crippen molar-refractivity contribution in [1.82, 2.24) is 9.97 Å². The zero-order valence-electron chi connectivity index (χ0n) is 37.7. The number of phenolic OH excluding ortho intramolecular Hbond substituents is 1. The molecule has 4 aromatic rings. The summed E-state index contributed by atoms with van der Waals surface area (Å²) in [5.74, 6) is -0.950. The number of phenols is 1. The molecule has 1 fully saturated rings. The first-order chi connectivity index (χ1) is 30.2. The van der Waals surface area contributed by atoms with Gasteiger partial charge in [0.1, 0.15) is 11.6 Å². The van der Waals surface area contributed by atoms with Gasteiger partial charge in [0.15, 0.2) is 0 Å². The number of hydrogen-bond donors (Lipinski definition) is 7. The molecule has 2 aliphatic carbocycles. The molecule has 0 unspecified atom stereocenters. The van der Waals surface area contributed by atoms with Gasteiger partial charge in [-0.3, -0.25) is 4.79 Å². The SMILES string of the molecule is CCCCC[C@@H]1C=C[C@@H](CCCCC[C@H](C(=O)O)[C@H](O)CC[C@]2(O)C[C@H](Cc3ccnc(N)c3)C[C@H]2Cc2ccc(-c3cc(O)cc([O-])c3Cc3ccc(C(C)C)cc3)[nH]2)[C@H](O)C1. The van der Waals surface area contributed by atoms with Crippen LogP contribution in [0.3, 0.4) is 0 Å². The molecule has 0 bridgehead atoms. The van der Waals surface area contributed by atoms with E-state index >= 15 is 0 Å². The summed E-state index contributed by atoms with van der Waals surface area (Å²) in [5.41, 5.74) is 10.9. The van der Waals surface area contributed by atoms with Gasteiger partial charge in [-0.25, -0.2) is 4.98 Å². The van der Waals surface area contributed by atoms with Gasteiger partial charge in [-0.15, -0.1) is 5.75 Å². The Morgan fingerprint density at radius 3 is 2.43 bits per heavy atom. The zero-order valence-corrected chi connectivity index (χ0v) is 37.7. The Balaban J connectivity index is 1.10. The molecule has 1 saturated carbocycles. The molecule has 2 aromatic carbocycles. The lowest BCUT2D eigenvalue weighted by atomic mass is 9.80. The first-order valence-electron chi connectivity index (χ1n) is 23.7. The van der Waals surface area contributed by atoms with Crippen LogP contribution in [0.2, 0.25) is 0 Å². The Morgan fingerprint density at radius 1 is 0.937 bits per heavy atom. The third-order valence-corrected chi connectivity index (χ3v) is 14.2. The lowest BCUT2D eigenvalue weighted by molar-refractivity contribution is -0.269. The summed E-state index contributed by atoms with van der Waals surface area (Å²) in [6.07, 6.45) is 17.1. The number of aliphatic hydroxyl groups is 3. The molecule has 2 aromatic heterocycles. The van der Waals surface area contributed by atoms with Crippen molar-refractivity contribution >= 4 is 11.8 Å². The standard InChI is InChI=1S/C53H73N3O7/c1-4-5-7-10-35-15-18-40(49(59)28-35)11-8-6-9-12-44(52(61)62)48(58)21-23-53(63)33-38(25-37-22-24-55-51(54)29-37)26-41(53)30-42-19-20-47(56-42)45-31-43(57)32-50(60)46(45)27-36-13-16-39(17-14-36)34(2)3/h13-20,22,24,29,31-32,34-35,38,40-41,44,48-49,56-60,63H,4-12,21,23,25-28,30,33H2,1-3H3,(H2,54,55)(H,61,62)/p-1/t35-,38-,40-,41+,44+,48-,49-,53+/m1/s1. The summed E-state index contributed by atoms with van der Waals surface area (Å²) in [6, 6.07) is 18.8. The van der Waals surface area contributed by atoms with E-state index in [0.717, 1.165) is 48.9 Å². The Morgan fingerprint density at radius 2 is 1.71 bits per heavy atom. The third-order valence-electron chi connectivity index (χ3n) is 14.2. The Kier molecular flexibility index (Phi) is 16.9. The minimum Gasteiger partial charge on any atom is -0.872 e. The van der Waals surface area contributed by atoms with Crippen LogP contribution in [0.25, 0.3) is 11.3 Å². The topological polar surface area (TPSA) is 196 Å². The van der Waals surface area contributed by atoms with E-state index in [1.54, 1.807) is 12.3 Å². The molecule has 6 rings (SSSR count).